The third-order valence-corrected chi connectivity index (χ3v) is 10.6. The van der Waals surface area contributed by atoms with E-state index in [9.17, 15) is 0 Å². The summed E-state index contributed by atoms with van der Waals surface area (Å²) in [6, 6.07) is 9.45. The Bertz CT molecular complexity index is 1190. The Kier molecular flexibility index (Phi) is 9.60. The van der Waals surface area contributed by atoms with Gasteiger partial charge in [-0.2, -0.15) is 0 Å². The topological polar surface area (TPSA) is 6.48 Å². The molecule has 204 valence electrons. The fourth-order valence-electron chi connectivity index (χ4n) is 6.24. The van der Waals surface area contributed by atoms with Crippen molar-refractivity contribution in [2.24, 2.45) is 5.41 Å². The number of hydrogen-bond donors (Lipinski definition) is 0. The molecule has 0 saturated heterocycles. The number of nitrogens with zero attached hydrogens (tertiary/aromatic N) is 2. The van der Waals surface area contributed by atoms with E-state index >= 15 is 0 Å². The van der Waals surface area contributed by atoms with Gasteiger partial charge in [-0.1, -0.05) is 86.0 Å². The molecule has 2 nitrogen and oxygen atoms in total. The minimum absolute atomic E-state index is 0.249. The highest BCUT2D eigenvalue weighted by Crippen LogP contribution is 2.49. The molecule has 0 aliphatic heterocycles. The molecule has 0 aromatic heterocycles. The first-order valence-electron chi connectivity index (χ1n) is 13.7. The van der Waals surface area contributed by atoms with Gasteiger partial charge in [-0.15, -0.1) is 0 Å². The van der Waals surface area contributed by atoms with Gasteiger partial charge in [0.1, 0.15) is 0 Å². The van der Waals surface area contributed by atoms with Crippen LogP contribution in [0.5, 0.6) is 0 Å². The van der Waals surface area contributed by atoms with Gasteiger partial charge >= 0.3 is 0 Å². The van der Waals surface area contributed by atoms with Gasteiger partial charge in [0.05, 0.1) is 0 Å². The lowest BCUT2D eigenvalue weighted by molar-refractivity contribution is 0.318. The maximum Gasteiger partial charge on any atom is 0.0473 e. The van der Waals surface area contributed by atoms with Gasteiger partial charge < -0.3 is 4.90 Å². The third kappa shape index (κ3) is 6.11. The van der Waals surface area contributed by atoms with Crippen LogP contribution in [0.25, 0.3) is 0 Å². The molecule has 0 fully saturated rings. The maximum atomic E-state index is 6.85. The van der Waals surface area contributed by atoms with Crippen LogP contribution in [-0.4, -0.2) is 42.3 Å². The second kappa shape index (κ2) is 11.8. The molecule has 0 spiro atoms. The van der Waals surface area contributed by atoms with Crippen molar-refractivity contribution in [2.75, 3.05) is 21.1 Å². The monoisotopic (exact) mass is 540 g/mol. The Morgan fingerprint density at radius 2 is 1.59 bits per heavy atom. The van der Waals surface area contributed by atoms with Crippen molar-refractivity contribution >= 4 is 28.1 Å². The second-order valence-corrected chi connectivity index (χ2v) is 14.2. The fraction of sp³-hybridized carbons (Fsp3) is 0.545. The number of aryl methyl sites for hydroxylation is 2. The molecule has 3 rings (SSSR count). The van der Waals surface area contributed by atoms with Crippen molar-refractivity contribution < 1.29 is 0 Å². The van der Waals surface area contributed by atoms with E-state index in [-0.39, 0.29) is 22.1 Å². The number of halogens is 1. The first-order chi connectivity index (χ1) is 17.2. The van der Waals surface area contributed by atoms with Crippen LogP contribution in [0, 0.1) is 26.2 Å². The number of rotatable bonds is 10. The van der Waals surface area contributed by atoms with E-state index in [0.717, 1.165) is 24.3 Å². The van der Waals surface area contributed by atoms with Gasteiger partial charge in [-0.05, 0) is 113 Å². The Hall–Kier alpha value is -1.39. The van der Waals surface area contributed by atoms with Crippen LogP contribution in [0.15, 0.2) is 40.8 Å². The molecule has 1 aliphatic rings. The molecular weight excluding hydrogens is 492 g/mol. The molecule has 4 atom stereocenters. The Balaban J connectivity index is 2.14. The van der Waals surface area contributed by atoms with E-state index in [1.54, 1.807) is 5.57 Å². The summed E-state index contributed by atoms with van der Waals surface area (Å²) in [5.74, 6) is 5.20. The normalized spacial score (nSPS) is 18.4. The number of benzene rings is 2. The molecule has 2 aromatic carbocycles. The fourth-order valence-corrected chi connectivity index (χ4v) is 8.20. The molecule has 1 aliphatic carbocycles. The van der Waals surface area contributed by atoms with Crippen LogP contribution in [-0.2, 0) is 6.42 Å². The summed E-state index contributed by atoms with van der Waals surface area (Å²) in [6.45, 7) is 18.4. The van der Waals surface area contributed by atoms with Crippen LogP contribution in [0.3, 0.4) is 0 Å². The van der Waals surface area contributed by atoms with E-state index in [2.05, 4.69) is 116 Å². The van der Waals surface area contributed by atoms with E-state index < -0.39 is 0 Å². The number of likely N-dealkylation sites (N-methyl/N-ethyl adjacent to an activating group) is 1. The minimum atomic E-state index is -0.330. The van der Waals surface area contributed by atoms with Crippen LogP contribution >= 0.6 is 22.3 Å². The van der Waals surface area contributed by atoms with Crippen LogP contribution < -0.4 is 0 Å². The SMILES string of the molecule is C=S(c1ccc(Cl)c(C(C)N(C)C)c1CCC)N(C)C(C1=CC(C)(C)C1)C(C)c1c(C)ccc(C)c1C. The molecule has 37 heavy (non-hydrogen) atoms. The van der Waals surface area contributed by atoms with E-state index in [1.807, 2.05) is 0 Å². The summed E-state index contributed by atoms with van der Waals surface area (Å²) < 4.78 is 2.57. The summed E-state index contributed by atoms with van der Waals surface area (Å²) in [5, 5.41) is 0.868. The molecule has 0 heterocycles. The van der Waals surface area contributed by atoms with Gasteiger partial charge in [-0.3, -0.25) is 0 Å². The first kappa shape index (κ1) is 30.2. The first-order valence-corrected chi connectivity index (χ1v) is 15.5. The van der Waals surface area contributed by atoms with E-state index in [1.165, 1.54) is 38.3 Å². The van der Waals surface area contributed by atoms with Crippen molar-refractivity contribution in [3.05, 3.63) is 74.3 Å². The molecule has 0 N–H and O–H groups in total. The highest BCUT2D eigenvalue weighted by atomic mass is 35.5. The highest BCUT2D eigenvalue weighted by molar-refractivity contribution is 8.12. The number of hydrogen-bond acceptors (Lipinski definition) is 2. The Labute approximate surface area is 235 Å². The Morgan fingerprint density at radius 1 is 1.00 bits per heavy atom. The van der Waals surface area contributed by atoms with Crippen molar-refractivity contribution in [1.29, 1.82) is 0 Å². The molecule has 2 aromatic rings. The predicted octanol–water partition coefficient (Wildman–Crippen LogP) is 9.28. The zero-order valence-electron chi connectivity index (χ0n) is 25.1. The summed E-state index contributed by atoms with van der Waals surface area (Å²) >= 11 is 6.85. The smallest absolute Gasteiger partial charge is 0.0473 e. The average Bonchev–Trinajstić information content (AvgIpc) is 2.80. The second-order valence-electron chi connectivity index (χ2n) is 12.1. The lowest BCUT2D eigenvalue weighted by Crippen LogP contribution is -2.40. The van der Waals surface area contributed by atoms with Crippen LogP contribution in [0.4, 0.5) is 0 Å². The van der Waals surface area contributed by atoms with Crippen LogP contribution in [0.1, 0.15) is 92.8 Å². The van der Waals surface area contributed by atoms with Gasteiger partial charge in [0.2, 0.25) is 0 Å². The number of allylic oxidation sites excluding steroid dienone is 1. The van der Waals surface area contributed by atoms with Gasteiger partial charge in [0, 0.05) is 27.9 Å². The highest BCUT2D eigenvalue weighted by Gasteiger charge is 2.38. The minimum Gasteiger partial charge on any atom is -0.303 e. The summed E-state index contributed by atoms with van der Waals surface area (Å²) in [6.07, 6.45) is 5.75. The van der Waals surface area contributed by atoms with Crippen molar-refractivity contribution in [2.45, 2.75) is 97.5 Å². The average molecular weight is 541 g/mol. The maximum absolute atomic E-state index is 6.85. The standard InChI is InChI=1S/C33H49ClN2S/c1-13-14-27-29(18-17-28(34)31(27)25(6)35(9)10)37(12)36(11)32(26-19-33(7,8)20-26)24(5)30-22(3)16-15-21(2)23(30)4/h15-19,24-25,32H,12-14,20H2,1-11H3. The van der Waals surface area contributed by atoms with Gasteiger partial charge in [0.15, 0.2) is 0 Å². The molecule has 0 saturated carbocycles. The largest absolute Gasteiger partial charge is 0.303 e. The molecule has 4 unspecified atom stereocenters. The molecular formula is C33H49ClN2S. The lowest BCUT2D eigenvalue weighted by atomic mass is 9.68. The molecule has 0 radical (unpaired) electrons. The van der Waals surface area contributed by atoms with Crippen molar-refractivity contribution in [3.8, 4) is 0 Å². The zero-order chi connectivity index (χ0) is 27.8. The quantitative estimate of drug-likeness (QED) is 0.219. The molecule has 0 bridgehead atoms. The lowest BCUT2D eigenvalue weighted by Gasteiger charge is -2.45. The van der Waals surface area contributed by atoms with Crippen LogP contribution in [0.2, 0.25) is 5.02 Å². The molecule has 0 amide bonds. The molecule has 4 heteroatoms. The van der Waals surface area contributed by atoms with E-state index in [0.29, 0.717) is 12.0 Å². The van der Waals surface area contributed by atoms with Crippen molar-refractivity contribution in [3.63, 3.8) is 0 Å². The van der Waals surface area contributed by atoms with Crippen molar-refractivity contribution in [1.82, 2.24) is 9.21 Å². The zero-order valence-corrected chi connectivity index (χ0v) is 26.7. The summed E-state index contributed by atoms with van der Waals surface area (Å²) in [4.78, 5) is 3.59. The third-order valence-electron chi connectivity index (χ3n) is 8.49. The van der Waals surface area contributed by atoms with Gasteiger partial charge in [-0.25, -0.2) is 4.31 Å². The van der Waals surface area contributed by atoms with Gasteiger partial charge in [0.25, 0.3) is 0 Å². The Morgan fingerprint density at radius 3 is 2.14 bits per heavy atom. The predicted molar refractivity (Wildman–Crippen MR) is 168 cm³/mol. The summed E-state index contributed by atoms with van der Waals surface area (Å²) in [7, 11) is 6.23. The summed E-state index contributed by atoms with van der Waals surface area (Å²) in [5.41, 5.74) is 10.1. The van der Waals surface area contributed by atoms with E-state index in [4.69, 9.17) is 17.5 Å².